The highest BCUT2D eigenvalue weighted by molar-refractivity contribution is 7.16. The third-order valence-electron chi connectivity index (χ3n) is 5.08. The number of nitrogens with one attached hydrogen (secondary N) is 1. The van der Waals surface area contributed by atoms with Gasteiger partial charge in [-0.15, -0.1) is 11.3 Å². The Hall–Kier alpha value is -3.11. The molecule has 29 heavy (non-hydrogen) atoms. The van der Waals surface area contributed by atoms with Crippen molar-refractivity contribution in [3.8, 4) is 11.8 Å². The maximum atomic E-state index is 12.7. The summed E-state index contributed by atoms with van der Waals surface area (Å²) in [5, 5.41) is 17.4. The monoisotopic (exact) mass is 406 g/mol. The summed E-state index contributed by atoms with van der Waals surface area (Å²) in [7, 11) is 0. The van der Waals surface area contributed by atoms with Gasteiger partial charge in [0.25, 0.3) is 5.91 Å². The summed E-state index contributed by atoms with van der Waals surface area (Å²) >= 11 is 1.51. The number of ether oxygens (including phenoxy) is 1. The smallest absolute Gasteiger partial charge is 0.276 e. The summed E-state index contributed by atoms with van der Waals surface area (Å²) in [5.74, 6) is 0.486. The van der Waals surface area contributed by atoms with Crippen molar-refractivity contribution in [2.45, 2.75) is 46.3 Å². The van der Waals surface area contributed by atoms with Crippen molar-refractivity contribution in [2.75, 3.05) is 5.32 Å². The predicted octanol–water partition coefficient (Wildman–Crippen LogP) is 4.60. The number of nitriles is 1. The van der Waals surface area contributed by atoms with E-state index in [9.17, 15) is 10.1 Å². The summed E-state index contributed by atoms with van der Waals surface area (Å²) in [6.45, 7) is 4.22. The topological polar surface area (TPSA) is 79.9 Å². The van der Waals surface area contributed by atoms with Crippen LogP contribution in [0.1, 0.15) is 50.5 Å². The Balaban J connectivity index is 1.45. The van der Waals surface area contributed by atoms with Gasteiger partial charge in [-0.1, -0.05) is 12.1 Å². The van der Waals surface area contributed by atoms with E-state index in [0.29, 0.717) is 16.3 Å². The Kier molecular flexibility index (Phi) is 5.36. The van der Waals surface area contributed by atoms with Crippen LogP contribution in [0.3, 0.4) is 0 Å². The van der Waals surface area contributed by atoms with Gasteiger partial charge in [0.15, 0.2) is 12.4 Å². The maximum Gasteiger partial charge on any atom is 0.276 e. The number of carbonyl (C=O) groups is 1. The van der Waals surface area contributed by atoms with E-state index in [2.05, 4.69) is 16.5 Å². The molecule has 2 heterocycles. The molecule has 6 nitrogen and oxygen atoms in total. The molecule has 0 unspecified atom stereocenters. The van der Waals surface area contributed by atoms with E-state index in [1.54, 1.807) is 16.9 Å². The van der Waals surface area contributed by atoms with E-state index in [4.69, 9.17) is 4.74 Å². The Labute approximate surface area is 173 Å². The van der Waals surface area contributed by atoms with Gasteiger partial charge >= 0.3 is 0 Å². The third kappa shape index (κ3) is 4.03. The largest absolute Gasteiger partial charge is 0.471 e. The number of carbonyl (C=O) groups excluding carboxylic acids is 1. The highest BCUT2D eigenvalue weighted by Gasteiger charge is 2.22. The standard InChI is InChI=1S/C22H22N4O2S/c1-14-7-8-15(2)19(11-14)28-13-26-10-9-18(25-26)21(27)24-22-17(12-23)16-5-3-4-6-20(16)29-22/h7-11H,3-6,13H2,1-2H3,(H,24,27). The molecule has 0 spiro atoms. The second-order valence-corrected chi connectivity index (χ2v) is 8.37. The van der Waals surface area contributed by atoms with Crippen LogP contribution in [0.2, 0.25) is 0 Å². The van der Waals surface area contributed by atoms with Gasteiger partial charge in [0.1, 0.15) is 16.8 Å². The highest BCUT2D eigenvalue weighted by atomic mass is 32.1. The number of amides is 1. The van der Waals surface area contributed by atoms with Gasteiger partial charge in [0.2, 0.25) is 0 Å². The Bertz CT molecular complexity index is 1110. The second kappa shape index (κ2) is 8.10. The van der Waals surface area contributed by atoms with Crippen molar-refractivity contribution in [3.05, 3.63) is 63.3 Å². The fourth-order valence-corrected chi connectivity index (χ4v) is 4.73. The number of aryl methyl sites for hydroxylation is 3. The van der Waals surface area contributed by atoms with Crippen LogP contribution < -0.4 is 10.1 Å². The van der Waals surface area contributed by atoms with Gasteiger partial charge < -0.3 is 10.1 Å². The average molecular weight is 407 g/mol. The van der Waals surface area contributed by atoms with E-state index >= 15 is 0 Å². The zero-order valence-electron chi connectivity index (χ0n) is 16.5. The SMILES string of the molecule is Cc1ccc(C)c(OCn2ccc(C(=O)Nc3sc4c(c3C#N)CCCC4)n2)c1. The fourth-order valence-electron chi connectivity index (χ4n) is 3.49. The van der Waals surface area contributed by atoms with Gasteiger partial charge in [-0.25, -0.2) is 4.68 Å². The molecule has 4 rings (SSSR count). The first-order valence-electron chi connectivity index (χ1n) is 9.64. The molecule has 0 saturated carbocycles. The number of hydrogen-bond acceptors (Lipinski definition) is 5. The number of rotatable bonds is 5. The van der Waals surface area contributed by atoms with Crippen LogP contribution in [0.5, 0.6) is 5.75 Å². The van der Waals surface area contributed by atoms with Gasteiger partial charge in [0, 0.05) is 11.1 Å². The molecule has 3 aromatic rings. The van der Waals surface area contributed by atoms with E-state index in [0.717, 1.165) is 48.1 Å². The lowest BCUT2D eigenvalue weighted by Gasteiger charge is -2.09. The molecule has 0 radical (unpaired) electrons. The number of anilines is 1. The maximum absolute atomic E-state index is 12.7. The number of thiophene rings is 1. The van der Waals surface area contributed by atoms with Crippen LogP contribution in [-0.4, -0.2) is 15.7 Å². The zero-order chi connectivity index (χ0) is 20.4. The van der Waals surface area contributed by atoms with Gasteiger partial charge in [-0.3, -0.25) is 4.79 Å². The molecule has 0 saturated heterocycles. The van der Waals surface area contributed by atoms with Crippen molar-refractivity contribution >= 4 is 22.2 Å². The lowest BCUT2D eigenvalue weighted by molar-refractivity contribution is 0.102. The zero-order valence-corrected chi connectivity index (χ0v) is 17.3. The Morgan fingerprint density at radius 3 is 2.97 bits per heavy atom. The predicted molar refractivity (Wildman–Crippen MR) is 112 cm³/mol. The van der Waals surface area contributed by atoms with Crippen LogP contribution in [-0.2, 0) is 19.6 Å². The van der Waals surface area contributed by atoms with Crippen LogP contribution in [0, 0.1) is 25.2 Å². The molecular weight excluding hydrogens is 384 g/mol. The highest BCUT2D eigenvalue weighted by Crippen LogP contribution is 2.37. The van der Waals surface area contributed by atoms with Crippen molar-refractivity contribution < 1.29 is 9.53 Å². The number of fused-ring (bicyclic) bond motifs is 1. The van der Waals surface area contributed by atoms with Crippen molar-refractivity contribution in [1.82, 2.24) is 9.78 Å². The van der Waals surface area contributed by atoms with Crippen LogP contribution in [0.15, 0.2) is 30.5 Å². The molecular formula is C22H22N4O2S. The van der Waals surface area contributed by atoms with E-state index in [1.165, 1.54) is 16.2 Å². The molecule has 1 amide bonds. The molecule has 1 aliphatic carbocycles. The molecule has 2 aromatic heterocycles. The third-order valence-corrected chi connectivity index (χ3v) is 6.29. The molecule has 0 atom stereocenters. The first kappa shape index (κ1) is 19.2. The summed E-state index contributed by atoms with van der Waals surface area (Å²) < 4.78 is 7.42. The minimum atomic E-state index is -0.314. The molecule has 7 heteroatoms. The van der Waals surface area contributed by atoms with Gasteiger partial charge in [-0.05, 0) is 68.4 Å². The second-order valence-electron chi connectivity index (χ2n) is 7.26. The molecule has 0 aliphatic heterocycles. The molecule has 148 valence electrons. The first-order valence-corrected chi connectivity index (χ1v) is 10.5. The van der Waals surface area contributed by atoms with E-state index < -0.39 is 0 Å². The van der Waals surface area contributed by atoms with Gasteiger partial charge in [-0.2, -0.15) is 10.4 Å². The molecule has 1 N–H and O–H groups in total. The normalized spacial score (nSPS) is 12.9. The average Bonchev–Trinajstić information content (AvgIpc) is 3.32. The quantitative estimate of drug-likeness (QED) is 0.671. The summed E-state index contributed by atoms with van der Waals surface area (Å²) in [6, 6.07) is 9.95. The summed E-state index contributed by atoms with van der Waals surface area (Å²) in [4.78, 5) is 13.9. The number of aromatic nitrogens is 2. The molecule has 0 bridgehead atoms. The van der Waals surface area contributed by atoms with Crippen LogP contribution >= 0.6 is 11.3 Å². The number of hydrogen-bond donors (Lipinski definition) is 1. The van der Waals surface area contributed by atoms with Crippen molar-refractivity contribution in [2.24, 2.45) is 0 Å². The van der Waals surface area contributed by atoms with Gasteiger partial charge in [0.05, 0.1) is 5.56 Å². The van der Waals surface area contributed by atoms with E-state index in [1.807, 2.05) is 32.0 Å². The molecule has 0 fully saturated rings. The minimum absolute atomic E-state index is 0.217. The Morgan fingerprint density at radius 1 is 1.31 bits per heavy atom. The lowest BCUT2D eigenvalue weighted by atomic mass is 9.96. The number of nitrogens with zero attached hydrogens (tertiary/aromatic N) is 3. The summed E-state index contributed by atoms with van der Waals surface area (Å²) in [6.07, 6.45) is 5.84. The molecule has 1 aromatic carbocycles. The minimum Gasteiger partial charge on any atom is -0.471 e. The number of benzene rings is 1. The summed E-state index contributed by atoms with van der Waals surface area (Å²) in [5.41, 5.74) is 4.18. The molecule has 1 aliphatic rings. The van der Waals surface area contributed by atoms with Crippen molar-refractivity contribution in [1.29, 1.82) is 5.26 Å². The van der Waals surface area contributed by atoms with Crippen molar-refractivity contribution in [3.63, 3.8) is 0 Å². The van der Waals surface area contributed by atoms with E-state index in [-0.39, 0.29) is 12.6 Å². The first-order chi connectivity index (χ1) is 14.0. The van der Waals surface area contributed by atoms with Crippen LogP contribution in [0.25, 0.3) is 0 Å². The fraction of sp³-hybridized carbons (Fsp3) is 0.318. The lowest BCUT2D eigenvalue weighted by Crippen LogP contribution is -2.14. The van der Waals surface area contributed by atoms with Crippen LogP contribution in [0.4, 0.5) is 5.00 Å². The Morgan fingerprint density at radius 2 is 2.14 bits per heavy atom.